The van der Waals surface area contributed by atoms with Crippen LogP contribution in [0.3, 0.4) is 0 Å². The SMILES string of the molecule is c1ccc(-n2c3ccccc3c3cc(-c4ccc(N(c5ccc(-c6ccc7oc8ccccc8c7c6)cc5)c5ccc(-c6ccc7oc8ccccc8c7c6)cc5)cc4)ccc32)cc1. The third-order valence-electron chi connectivity index (χ3n) is 12.8. The lowest BCUT2D eigenvalue weighted by Crippen LogP contribution is -2.09. The molecule has 13 aromatic rings. The lowest BCUT2D eigenvalue weighted by Gasteiger charge is -2.26. The first kappa shape index (κ1) is 36.1. The molecule has 64 heavy (non-hydrogen) atoms. The van der Waals surface area contributed by atoms with Crippen molar-refractivity contribution in [3.63, 3.8) is 0 Å². The van der Waals surface area contributed by atoms with Gasteiger partial charge >= 0.3 is 0 Å². The van der Waals surface area contributed by atoms with Crippen LogP contribution in [-0.4, -0.2) is 4.57 Å². The van der Waals surface area contributed by atoms with Crippen LogP contribution in [0.4, 0.5) is 17.1 Å². The molecule has 0 atom stereocenters. The Morgan fingerprint density at radius 2 is 0.641 bits per heavy atom. The van der Waals surface area contributed by atoms with E-state index < -0.39 is 0 Å². The third kappa shape index (κ3) is 5.92. The number of aromatic nitrogens is 1. The van der Waals surface area contributed by atoms with E-state index in [1.54, 1.807) is 0 Å². The van der Waals surface area contributed by atoms with Crippen LogP contribution in [0.2, 0.25) is 0 Å². The molecule has 0 unspecified atom stereocenters. The Labute approximate surface area is 369 Å². The Balaban J connectivity index is 0.882. The number of hydrogen-bond acceptors (Lipinski definition) is 3. The van der Waals surface area contributed by atoms with Gasteiger partial charge < -0.3 is 18.3 Å². The monoisotopic (exact) mass is 818 g/mol. The first-order valence-electron chi connectivity index (χ1n) is 21.7. The Hall–Kier alpha value is -8.60. The molecule has 0 saturated carbocycles. The summed E-state index contributed by atoms with van der Waals surface area (Å²) in [6.45, 7) is 0. The van der Waals surface area contributed by atoms with Gasteiger partial charge in [-0.3, -0.25) is 0 Å². The first-order valence-corrected chi connectivity index (χ1v) is 21.7. The van der Waals surface area contributed by atoms with Gasteiger partial charge in [-0.05, 0) is 137 Å². The van der Waals surface area contributed by atoms with E-state index in [1.807, 2.05) is 24.3 Å². The van der Waals surface area contributed by atoms with E-state index in [9.17, 15) is 0 Å². The number of para-hydroxylation sites is 4. The summed E-state index contributed by atoms with van der Waals surface area (Å²) in [4.78, 5) is 2.34. The molecule has 0 saturated heterocycles. The zero-order chi connectivity index (χ0) is 42.1. The van der Waals surface area contributed by atoms with E-state index in [0.29, 0.717) is 0 Å². The second-order valence-electron chi connectivity index (χ2n) is 16.5. The van der Waals surface area contributed by atoms with Crippen LogP contribution < -0.4 is 4.90 Å². The van der Waals surface area contributed by atoms with E-state index in [1.165, 1.54) is 27.4 Å². The van der Waals surface area contributed by atoms with Gasteiger partial charge in [0.15, 0.2) is 0 Å². The van der Waals surface area contributed by atoms with Crippen molar-refractivity contribution in [1.29, 1.82) is 0 Å². The highest BCUT2D eigenvalue weighted by Crippen LogP contribution is 2.41. The molecular formula is C60H38N2O2. The minimum Gasteiger partial charge on any atom is -0.456 e. The molecule has 0 N–H and O–H groups in total. The number of hydrogen-bond donors (Lipinski definition) is 0. The normalized spacial score (nSPS) is 11.8. The van der Waals surface area contributed by atoms with E-state index in [0.717, 1.165) is 94.4 Å². The van der Waals surface area contributed by atoms with Gasteiger partial charge in [0, 0.05) is 55.1 Å². The Kier molecular flexibility index (Phi) is 8.18. The molecule has 0 radical (unpaired) electrons. The zero-order valence-electron chi connectivity index (χ0n) is 34.7. The second kappa shape index (κ2) is 14.5. The molecule has 0 aliphatic rings. The van der Waals surface area contributed by atoms with Gasteiger partial charge in [-0.1, -0.05) is 127 Å². The highest BCUT2D eigenvalue weighted by atomic mass is 16.3. The molecule has 4 heteroatoms. The molecule has 13 rings (SSSR count). The van der Waals surface area contributed by atoms with Crippen molar-refractivity contribution in [2.45, 2.75) is 0 Å². The van der Waals surface area contributed by atoms with Gasteiger partial charge in [0.25, 0.3) is 0 Å². The number of rotatable bonds is 7. The topological polar surface area (TPSA) is 34.5 Å². The zero-order valence-corrected chi connectivity index (χ0v) is 34.7. The smallest absolute Gasteiger partial charge is 0.135 e. The molecule has 0 fully saturated rings. The van der Waals surface area contributed by atoms with Gasteiger partial charge in [0.2, 0.25) is 0 Å². The molecule has 300 valence electrons. The van der Waals surface area contributed by atoms with Crippen LogP contribution in [0.15, 0.2) is 239 Å². The summed E-state index contributed by atoms with van der Waals surface area (Å²) < 4.78 is 14.6. The highest BCUT2D eigenvalue weighted by Gasteiger charge is 2.17. The van der Waals surface area contributed by atoms with Gasteiger partial charge in [0.1, 0.15) is 22.3 Å². The third-order valence-corrected chi connectivity index (χ3v) is 12.8. The van der Waals surface area contributed by atoms with E-state index >= 15 is 0 Å². The van der Waals surface area contributed by atoms with Crippen LogP contribution >= 0.6 is 0 Å². The van der Waals surface area contributed by atoms with E-state index in [4.69, 9.17) is 8.83 Å². The molecule has 0 bridgehead atoms. The summed E-state index contributed by atoms with van der Waals surface area (Å²) in [5.74, 6) is 0. The van der Waals surface area contributed by atoms with Crippen LogP contribution in [-0.2, 0) is 0 Å². The molecule has 3 aromatic heterocycles. The maximum Gasteiger partial charge on any atom is 0.135 e. The van der Waals surface area contributed by atoms with Gasteiger partial charge in [-0.25, -0.2) is 0 Å². The molecular weight excluding hydrogens is 781 g/mol. The van der Waals surface area contributed by atoms with Crippen LogP contribution in [0.25, 0.3) is 105 Å². The predicted molar refractivity (Wildman–Crippen MR) is 266 cm³/mol. The standard InChI is InChI=1S/C60H38N2O2/c1-2-10-45(11-3-1)62-55-15-7-4-12-49(55)52-36-42(24-33-56(52)62)39-18-27-46(28-19-39)61(47-29-20-40(21-30-47)43-25-34-59-53(37-43)50-13-5-8-16-57(50)63-59)48-31-22-41(23-32-48)44-26-35-60-54(38-44)51-14-6-9-17-58(51)64-60/h1-38H. The maximum absolute atomic E-state index is 6.14. The fourth-order valence-electron chi connectivity index (χ4n) is 9.68. The Morgan fingerprint density at radius 3 is 1.16 bits per heavy atom. The fraction of sp³-hybridized carbons (Fsp3) is 0. The molecule has 3 heterocycles. The second-order valence-corrected chi connectivity index (χ2v) is 16.5. The number of fused-ring (bicyclic) bond motifs is 9. The number of furan rings is 2. The van der Waals surface area contributed by atoms with Crippen LogP contribution in [0, 0.1) is 0 Å². The molecule has 0 spiro atoms. The molecule has 0 aliphatic heterocycles. The van der Waals surface area contributed by atoms with Crippen molar-refractivity contribution in [3.8, 4) is 39.1 Å². The van der Waals surface area contributed by atoms with Crippen molar-refractivity contribution in [3.05, 3.63) is 231 Å². The Bertz CT molecular complexity index is 3720. The van der Waals surface area contributed by atoms with Crippen molar-refractivity contribution in [1.82, 2.24) is 4.57 Å². The largest absolute Gasteiger partial charge is 0.456 e. The number of anilines is 3. The predicted octanol–water partition coefficient (Wildman–Crippen LogP) is 17.1. The van der Waals surface area contributed by atoms with Gasteiger partial charge in [0.05, 0.1) is 11.0 Å². The average molecular weight is 819 g/mol. The van der Waals surface area contributed by atoms with Crippen LogP contribution in [0.5, 0.6) is 0 Å². The first-order chi connectivity index (χ1) is 31.7. The molecule has 0 amide bonds. The quantitative estimate of drug-likeness (QED) is 0.161. The number of benzene rings is 10. The van der Waals surface area contributed by atoms with E-state index in [2.05, 4.69) is 216 Å². The van der Waals surface area contributed by atoms with Crippen LogP contribution in [0.1, 0.15) is 0 Å². The lowest BCUT2D eigenvalue weighted by molar-refractivity contribution is 0.668. The minimum atomic E-state index is 0.900. The van der Waals surface area contributed by atoms with E-state index in [-0.39, 0.29) is 0 Å². The Morgan fingerprint density at radius 1 is 0.266 bits per heavy atom. The molecule has 4 nitrogen and oxygen atoms in total. The highest BCUT2D eigenvalue weighted by molar-refractivity contribution is 6.11. The maximum atomic E-state index is 6.14. The minimum absolute atomic E-state index is 0.900. The fourth-order valence-corrected chi connectivity index (χ4v) is 9.68. The summed E-state index contributed by atoms with van der Waals surface area (Å²) in [6, 6.07) is 82.4. The van der Waals surface area contributed by atoms with Crippen molar-refractivity contribution < 1.29 is 8.83 Å². The van der Waals surface area contributed by atoms with Crippen molar-refractivity contribution in [2.75, 3.05) is 4.90 Å². The van der Waals surface area contributed by atoms with Gasteiger partial charge in [-0.15, -0.1) is 0 Å². The average Bonchev–Trinajstić information content (AvgIpc) is 4.04. The lowest BCUT2D eigenvalue weighted by atomic mass is 10.0. The van der Waals surface area contributed by atoms with Gasteiger partial charge in [-0.2, -0.15) is 0 Å². The molecule has 0 aliphatic carbocycles. The summed E-state index contributed by atoms with van der Waals surface area (Å²) in [5, 5.41) is 6.99. The van der Waals surface area contributed by atoms with Crippen molar-refractivity contribution in [2.24, 2.45) is 0 Å². The van der Waals surface area contributed by atoms with Crippen molar-refractivity contribution >= 4 is 82.7 Å². The summed E-state index contributed by atoms with van der Waals surface area (Å²) in [7, 11) is 0. The summed E-state index contributed by atoms with van der Waals surface area (Å²) >= 11 is 0. The molecule has 10 aromatic carbocycles. The summed E-state index contributed by atoms with van der Waals surface area (Å²) in [6.07, 6.45) is 0. The number of nitrogens with zero attached hydrogens (tertiary/aromatic N) is 2. The summed E-state index contributed by atoms with van der Waals surface area (Å²) in [5.41, 5.74) is 17.3.